The number of nitriles is 1. The van der Waals surface area contributed by atoms with Crippen LogP contribution >= 0.6 is 0 Å². The third kappa shape index (κ3) is 3.25. The first-order valence-corrected chi connectivity index (χ1v) is 8.56. The summed E-state index contributed by atoms with van der Waals surface area (Å²) in [5.74, 6) is 0.148. The van der Waals surface area contributed by atoms with Gasteiger partial charge in [-0.3, -0.25) is 9.48 Å². The zero-order valence-corrected chi connectivity index (χ0v) is 14.9. The SMILES string of the molecule is Cc1nn(C)c(C)c1/C=C/C(=O)C(C#N)c1nnc2n1CCCCC2. The Kier molecular flexibility index (Phi) is 4.79. The molecule has 0 saturated heterocycles. The van der Waals surface area contributed by atoms with Crippen molar-refractivity contribution in [3.8, 4) is 6.07 Å². The number of allylic oxidation sites excluding steroid dienone is 1. The Bertz CT molecular complexity index is 867. The van der Waals surface area contributed by atoms with Gasteiger partial charge < -0.3 is 4.57 Å². The molecule has 1 aliphatic rings. The van der Waals surface area contributed by atoms with Gasteiger partial charge in [-0.05, 0) is 38.8 Å². The van der Waals surface area contributed by atoms with Crippen LogP contribution in [0, 0.1) is 25.2 Å². The summed E-state index contributed by atoms with van der Waals surface area (Å²) in [7, 11) is 1.87. The second-order valence-corrected chi connectivity index (χ2v) is 6.44. The zero-order valence-electron chi connectivity index (χ0n) is 14.9. The van der Waals surface area contributed by atoms with Crippen LogP contribution in [0.1, 0.15) is 53.8 Å². The van der Waals surface area contributed by atoms with Crippen molar-refractivity contribution in [3.63, 3.8) is 0 Å². The number of carbonyl (C=O) groups is 1. The minimum Gasteiger partial charge on any atom is -0.313 e. The molecule has 0 N–H and O–H groups in total. The van der Waals surface area contributed by atoms with Gasteiger partial charge in [0.25, 0.3) is 0 Å². The zero-order chi connectivity index (χ0) is 18.0. The maximum atomic E-state index is 12.6. The summed E-state index contributed by atoms with van der Waals surface area (Å²) >= 11 is 0. The fraction of sp³-hybridized carbons (Fsp3) is 0.500. The van der Waals surface area contributed by atoms with Crippen LogP contribution in [-0.4, -0.2) is 30.3 Å². The Balaban J connectivity index is 1.87. The van der Waals surface area contributed by atoms with Gasteiger partial charge in [-0.15, -0.1) is 10.2 Å². The van der Waals surface area contributed by atoms with E-state index in [0.717, 1.165) is 55.0 Å². The number of ketones is 1. The lowest BCUT2D eigenvalue weighted by atomic mass is 10.0. The summed E-state index contributed by atoms with van der Waals surface area (Å²) in [5.41, 5.74) is 2.74. The number of nitrogens with zero attached hydrogens (tertiary/aromatic N) is 6. The summed E-state index contributed by atoms with van der Waals surface area (Å²) in [6.07, 6.45) is 7.28. The van der Waals surface area contributed by atoms with Crippen LogP contribution in [0.15, 0.2) is 6.08 Å². The first kappa shape index (κ1) is 17.1. The van der Waals surface area contributed by atoms with Gasteiger partial charge in [0, 0.05) is 31.3 Å². The molecular weight excluding hydrogens is 316 g/mol. The van der Waals surface area contributed by atoms with E-state index in [0.29, 0.717) is 5.82 Å². The molecule has 0 amide bonds. The quantitative estimate of drug-likeness (QED) is 0.798. The van der Waals surface area contributed by atoms with E-state index >= 15 is 0 Å². The topological polar surface area (TPSA) is 89.4 Å². The molecule has 0 bridgehead atoms. The van der Waals surface area contributed by atoms with Crippen LogP contribution in [0.3, 0.4) is 0 Å². The minimum atomic E-state index is -0.923. The lowest BCUT2D eigenvalue weighted by Crippen LogP contribution is -2.15. The molecule has 3 heterocycles. The number of fused-ring (bicyclic) bond motifs is 1. The van der Waals surface area contributed by atoms with E-state index in [1.165, 1.54) is 6.08 Å². The second-order valence-electron chi connectivity index (χ2n) is 6.44. The predicted octanol–water partition coefficient (Wildman–Crippen LogP) is 2.24. The maximum absolute atomic E-state index is 12.6. The van der Waals surface area contributed by atoms with E-state index in [9.17, 15) is 10.1 Å². The highest BCUT2D eigenvalue weighted by Gasteiger charge is 2.26. The van der Waals surface area contributed by atoms with E-state index in [2.05, 4.69) is 21.4 Å². The lowest BCUT2D eigenvalue weighted by Gasteiger charge is -2.09. The Morgan fingerprint density at radius 1 is 1.28 bits per heavy atom. The fourth-order valence-corrected chi connectivity index (χ4v) is 3.26. The summed E-state index contributed by atoms with van der Waals surface area (Å²) in [6, 6.07) is 2.10. The average Bonchev–Trinajstić information content (AvgIpc) is 2.97. The van der Waals surface area contributed by atoms with Gasteiger partial charge in [-0.1, -0.05) is 6.42 Å². The van der Waals surface area contributed by atoms with Gasteiger partial charge in [0.1, 0.15) is 5.82 Å². The largest absolute Gasteiger partial charge is 0.313 e. The van der Waals surface area contributed by atoms with Crippen molar-refractivity contribution < 1.29 is 4.79 Å². The molecule has 0 saturated carbocycles. The molecular formula is C18H22N6O. The van der Waals surface area contributed by atoms with Gasteiger partial charge in [-0.25, -0.2) is 0 Å². The van der Waals surface area contributed by atoms with Crippen LogP contribution in [0.4, 0.5) is 0 Å². The summed E-state index contributed by atoms with van der Waals surface area (Å²) in [6.45, 7) is 4.62. The lowest BCUT2D eigenvalue weighted by molar-refractivity contribution is -0.115. The molecule has 0 aliphatic carbocycles. The monoisotopic (exact) mass is 338 g/mol. The molecule has 7 nitrogen and oxygen atoms in total. The average molecular weight is 338 g/mol. The van der Waals surface area contributed by atoms with Gasteiger partial charge in [0.05, 0.1) is 11.8 Å². The number of hydrogen-bond acceptors (Lipinski definition) is 5. The number of rotatable bonds is 4. The van der Waals surface area contributed by atoms with Crippen molar-refractivity contribution in [3.05, 3.63) is 34.7 Å². The van der Waals surface area contributed by atoms with Crippen LogP contribution in [-0.2, 0) is 24.8 Å². The van der Waals surface area contributed by atoms with Gasteiger partial charge in [0.15, 0.2) is 17.5 Å². The Hall–Kier alpha value is -2.75. The van der Waals surface area contributed by atoms with Gasteiger partial charge in [0.2, 0.25) is 0 Å². The molecule has 2 aromatic rings. The van der Waals surface area contributed by atoms with E-state index in [-0.39, 0.29) is 5.78 Å². The molecule has 7 heteroatoms. The van der Waals surface area contributed by atoms with Crippen molar-refractivity contribution >= 4 is 11.9 Å². The van der Waals surface area contributed by atoms with Crippen LogP contribution in [0.5, 0.6) is 0 Å². The normalized spacial score (nSPS) is 15.6. The van der Waals surface area contributed by atoms with E-state index in [1.54, 1.807) is 10.8 Å². The Morgan fingerprint density at radius 3 is 2.76 bits per heavy atom. The van der Waals surface area contributed by atoms with Crippen molar-refractivity contribution in [1.82, 2.24) is 24.5 Å². The van der Waals surface area contributed by atoms with Crippen LogP contribution < -0.4 is 0 Å². The molecule has 1 atom stereocenters. The Labute approximate surface area is 147 Å². The fourth-order valence-electron chi connectivity index (χ4n) is 3.26. The molecule has 25 heavy (non-hydrogen) atoms. The molecule has 1 aliphatic heterocycles. The van der Waals surface area contributed by atoms with Crippen molar-refractivity contribution in [2.75, 3.05) is 0 Å². The van der Waals surface area contributed by atoms with Crippen molar-refractivity contribution in [2.24, 2.45) is 7.05 Å². The predicted molar refractivity (Wildman–Crippen MR) is 92.7 cm³/mol. The molecule has 1 unspecified atom stereocenters. The summed E-state index contributed by atoms with van der Waals surface area (Å²) in [4.78, 5) is 12.6. The molecule has 3 rings (SSSR count). The minimum absolute atomic E-state index is 0.274. The Morgan fingerprint density at radius 2 is 2.08 bits per heavy atom. The molecule has 0 aromatic carbocycles. The first-order valence-electron chi connectivity index (χ1n) is 8.56. The standard InChI is InChI=1S/C18H22N6O/c1-12-14(13(2)23(3)22-12)8-9-16(25)15(11-19)18-21-20-17-7-5-4-6-10-24(17)18/h8-9,15H,4-7,10H2,1-3H3/b9-8+. The third-order valence-corrected chi connectivity index (χ3v) is 4.79. The molecule has 0 radical (unpaired) electrons. The number of hydrogen-bond donors (Lipinski definition) is 0. The van der Waals surface area contributed by atoms with E-state index in [1.807, 2.05) is 25.5 Å². The van der Waals surface area contributed by atoms with Gasteiger partial charge in [-0.2, -0.15) is 10.4 Å². The van der Waals surface area contributed by atoms with E-state index in [4.69, 9.17) is 0 Å². The summed E-state index contributed by atoms with van der Waals surface area (Å²) < 4.78 is 3.73. The highest BCUT2D eigenvalue weighted by atomic mass is 16.1. The number of carbonyl (C=O) groups excluding carboxylic acids is 1. The maximum Gasteiger partial charge on any atom is 0.180 e. The number of aryl methyl sites for hydroxylation is 3. The first-order chi connectivity index (χ1) is 12.0. The van der Waals surface area contributed by atoms with E-state index < -0.39 is 5.92 Å². The highest BCUT2D eigenvalue weighted by Crippen LogP contribution is 2.22. The van der Waals surface area contributed by atoms with Crippen LogP contribution in [0.25, 0.3) is 6.08 Å². The van der Waals surface area contributed by atoms with Crippen LogP contribution in [0.2, 0.25) is 0 Å². The third-order valence-electron chi connectivity index (χ3n) is 4.79. The second kappa shape index (κ2) is 7.01. The summed E-state index contributed by atoms with van der Waals surface area (Å²) in [5, 5.41) is 22.2. The molecule has 0 fully saturated rings. The smallest absolute Gasteiger partial charge is 0.180 e. The van der Waals surface area contributed by atoms with Crippen molar-refractivity contribution in [2.45, 2.75) is 52.0 Å². The molecule has 130 valence electrons. The number of aromatic nitrogens is 5. The highest BCUT2D eigenvalue weighted by molar-refractivity contribution is 6.00. The van der Waals surface area contributed by atoms with Crippen molar-refractivity contribution in [1.29, 1.82) is 5.26 Å². The molecule has 2 aromatic heterocycles. The van der Waals surface area contributed by atoms with Gasteiger partial charge >= 0.3 is 0 Å². The molecule has 0 spiro atoms.